The highest BCUT2D eigenvalue weighted by Crippen LogP contribution is 2.22. The molecule has 43 heavy (non-hydrogen) atoms. The lowest BCUT2D eigenvalue weighted by Gasteiger charge is -2.19. The summed E-state index contributed by atoms with van der Waals surface area (Å²) in [7, 11) is 0. The highest BCUT2D eigenvalue weighted by molar-refractivity contribution is 5.88. The molecule has 0 radical (unpaired) electrons. The Morgan fingerprint density at radius 3 is 0.907 bits per heavy atom. The lowest BCUT2D eigenvalue weighted by Crippen LogP contribution is -2.23. The van der Waals surface area contributed by atoms with Crippen LogP contribution in [0.4, 0.5) is 0 Å². The van der Waals surface area contributed by atoms with Gasteiger partial charge in [0.15, 0.2) is 0 Å². The maximum Gasteiger partial charge on any atom is 0.136 e. The van der Waals surface area contributed by atoms with Crippen LogP contribution < -0.4 is 0 Å². The first-order valence-electron chi connectivity index (χ1n) is 20.1. The van der Waals surface area contributed by atoms with Gasteiger partial charge in [0, 0.05) is 25.2 Å². The van der Waals surface area contributed by atoms with Gasteiger partial charge in [-0.1, -0.05) is 207 Å². The first-order valence-corrected chi connectivity index (χ1v) is 20.1. The molecule has 0 fully saturated rings. The van der Waals surface area contributed by atoms with Crippen LogP contribution >= 0.6 is 0 Å². The van der Waals surface area contributed by atoms with Crippen molar-refractivity contribution in [1.82, 2.24) is 0 Å². The molecule has 0 aliphatic carbocycles. The smallest absolute Gasteiger partial charge is 0.136 e. The Balaban J connectivity index is 3.64. The molecular formula is C41H80O2. The van der Waals surface area contributed by atoms with E-state index in [4.69, 9.17) is 0 Å². The summed E-state index contributed by atoms with van der Waals surface area (Å²) in [5, 5.41) is 0. The third kappa shape index (κ3) is 31.1. The van der Waals surface area contributed by atoms with Crippen molar-refractivity contribution in [2.45, 2.75) is 240 Å². The Morgan fingerprint density at radius 2 is 0.628 bits per heavy atom. The third-order valence-corrected chi connectivity index (χ3v) is 9.75. The number of hydrogen-bond acceptors (Lipinski definition) is 2. The van der Waals surface area contributed by atoms with E-state index >= 15 is 0 Å². The SMILES string of the molecule is CCCCCCCCCCCCCCCCCC(=O)CC(C(=O)CCCCCCCCCCCCCCCCC)C(C)C. The summed E-state index contributed by atoms with van der Waals surface area (Å²) in [5.41, 5.74) is 0. The zero-order chi connectivity index (χ0) is 31.6. The van der Waals surface area contributed by atoms with Gasteiger partial charge in [0.25, 0.3) is 0 Å². The Bertz CT molecular complexity index is 580. The number of unbranched alkanes of at least 4 members (excludes halogenated alkanes) is 28. The Labute approximate surface area is 272 Å². The lowest BCUT2D eigenvalue weighted by atomic mass is 9.84. The van der Waals surface area contributed by atoms with Crippen LogP contribution in [0.15, 0.2) is 0 Å². The van der Waals surface area contributed by atoms with E-state index in [-0.39, 0.29) is 11.8 Å². The molecule has 256 valence electrons. The molecule has 2 nitrogen and oxygen atoms in total. The van der Waals surface area contributed by atoms with Crippen molar-refractivity contribution in [3.63, 3.8) is 0 Å². The van der Waals surface area contributed by atoms with Crippen LogP contribution in [0.3, 0.4) is 0 Å². The van der Waals surface area contributed by atoms with Crippen molar-refractivity contribution in [2.24, 2.45) is 11.8 Å². The van der Waals surface area contributed by atoms with Gasteiger partial charge in [-0.15, -0.1) is 0 Å². The Hall–Kier alpha value is -0.660. The summed E-state index contributed by atoms with van der Waals surface area (Å²) >= 11 is 0. The molecule has 0 aromatic rings. The van der Waals surface area contributed by atoms with E-state index in [2.05, 4.69) is 27.7 Å². The second-order valence-electron chi connectivity index (χ2n) is 14.5. The van der Waals surface area contributed by atoms with E-state index in [1.807, 2.05) is 0 Å². The first-order chi connectivity index (χ1) is 21.0. The summed E-state index contributed by atoms with van der Waals surface area (Å²) in [6.45, 7) is 8.81. The molecule has 0 aromatic heterocycles. The van der Waals surface area contributed by atoms with Gasteiger partial charge in [0.2, 0.25) is 0 Å². The van der Waals surface area contributed by atoms with Crippen molar-refractivity contribution in [2.75, 3.05) is 0 Å². The average molecular weight is 605 g/mol. The summed E-state index contributed by atoms with van der Waals surface area (Å²) in [5.74, 6) is 0.872. The largest absolute Gasteiger partial charge is 0.300 e. The van der Waals surface area contributed by atoms with Crippen LogP contribution in [-0.2, 0) is 9.59 Å². The van der Waals surface area contributed by atoms with Gasteiger partial charge >= 0.3 is 0 Å². The van der Waals surface area contributed by atoms with Gasteiger partial charge < -0.3 is 0 Å². The number of ketones is 2. The summed E-state index contributed by atoms with van der Waals surface area (Å²) < 4.78 is 0. The summed E-state index contributed by atoms with van der Waals surface area (Å²) in [6.07, 6.45) is 42.2. The fourth-order valence-electron chi connectivity index (χ4n) is 6.62. The molecule has 2 heteroatoms. The minimum Gasteiger partial charge on any atom is -0.300 e. The van der Waals surface area contributed by atoms with Gasteiger partial charge in [-0.25, -0.2) is 0 Å². The summed E-state index contributed by atoms with van der Waals surface area (Å²) in [6, 6.07) is 0. The number of Topliss-reactive ketones (excluding diaryl/α,β-unsaturated/α-hetero) is 2. The Kier molecular flexibility index (Phi) is 33.7. The van der Waals surface area contributed by atoms with E-state index in [9.17, 15) is 9.59 Å². The van der Waals surface area contributed by atoms with E-state index in [0.717, 1.165) is 12.8 Å². The predicted octanol–water partition coefficient (Wildman–Crippen LogP) is 14.3. The highest BCUT2D eigenvalue weighted by Gasteiger charge is 2.24. The van der Waals surface area contributed by atoms with Gasteiger partial charge in [0.1, 0.15) is 11.6 Å². The van der Waals surface area contributed by atoms with E-state index in [0.29, 0.717) is 30.8 Å². The molecule has 0 saturated carbocycles. The average Bonchev–Trinajstić information content (AvgIpc) is 2.99. The number of hydrogen-bond donors (Lipinski definition) is 0. The third-order valence-electron chi connectivity index (χ3n) is 9.75. The molecule has 1 atom stereocenters. The van der Waals surface area contributed by atoms with Crippen molar-refractivity contribution in [1.29, 1.82) is 0 Å². The molecule has 0 saturated heterocycles. The van der Waals surface area contributed by atoms with Crippen LogP contribution in [0.2, 0.25) is 0 Å². The van der Waals surface area contributed by atoms with Gasteiger partial charge in [0.05, 0.1) is 0 Å². The summed E-state index contributed by atoms with van der Waals surface area (Å²) in [4.78, 5) is 25.6. The van der Waals surface area contributed by atoms with Crippen molar-refractivity contribution >= 4 is 11.6 Å². The maximum absolute atomic E-state index is 12.9. The van der Waals surface area contributed by atoms with Gasteiger partial charge in [-0.2, -0.15) is 0 Å². The van der Waals surface area contributed by atoms with Gasteiger partial charge in [-0.05, 0) is 18.8 Å². The topological polar surface area (TPSA) is 34.1 Å². The van der Waals surface area contributed by atoms with Gasteiger partial charge in [-0.3, -0.25) is 9.59 Å². The van der Waals surface area contributed by atoms with Crippen LogP contribution in [-0.4, -0.2) is 11.6 Å². The monoisotopic (exact) mass is 605 g/mol. The predicted molar refractivity (Wildman–Crippen MR) is 192 cm³/mol. The number of rotatable bonds is 36. The van der Waals surface area contributed by atoms with E-state index < -0.39 is 0 Å². The molecule has 0 aliphatic rings. The minimum atomic E-state index is -0.0597. The molecule has 0 aromatic carbocycles. The molecule has 0 heterocycles. The second kappa shape index (κ2) is 34.2. The van der Waals surface area contributed by atoms with E-state index in [1.165, 1.54) is 180 Å². The molecule has 1 unspecified atom stereocenters. The second-order valence-corrected chi connectivity index (χ2v) is 14.5. The van der Waals surface area contributed by atoms with Crippen molar-refractivity contribution in [3.05, 3.63) is 0 Å². The maximum atomic E-state index is 12.9. The Morgan fingerprint density at radius 1 is 0.372 bits per heavy atom. The highest BCUT2D eigenvalue weighted by atomic mass is 16.1. The fraction of sp³-hybridized carbons (Fsp3) is 0.951. The molecule has 0 bridgehead atoms. The first kappa shape index (κ1) is 42.3. The molecule has 0 rings (SSSR count). The van der Waals surface area contributed by atoms with Crippen LogP contribution in [0.5, 0.6) is 0 Å². The lowest BCUT2D eigenvalue weighted by molar-refractivity contribution is -0.129. The normalized spacial score (nSPS) is 12.3. The zero-order valence-electron chi connectivity index (χ0n) is 30.3. The molecule has 0 N–H and O–H groups in total. The fourth-order valence-corrected chi connectivity index (χ4v) is 6.62. The van der Waals surface area contributed by atoms with Crippen molar-refractivity contribution < 1.29 is 9.59 Å². The number of carbonyl (C=O) groups is 2. The van der Waals surface area contributed by atoms with Crippen LogP contribution in [0.1, 0.15) is 240 Å². The molecule has 0 aliphatic heterocycles. The number of carbonyl (C=O) groups excluding carboxylic acids is 2. The van der Waals surface area contributed by atoms with Crippen LogP contribution in [0.25, 0.3) is 0 Å². The van der Waals surface area contributed by atoms with Crippen LogP contribution in [0, 0.1) is 11.8 Å². The molecule has 0 spiro atoms. The van der Waals surface area contributed by atoms with E-state index in [1.54, 1.807) is 0 Å². The molecular weight excluding hydrogens is 524 g/mol. The quantitative estimate of drug-likeness (QED) is 0.0667. The van der Waals surface area contributed by atoms with Crippen molar-refractivity contribution in [3.8, 4) is 0 Å². The standard InChI is InChI=1S/C41H80O2/c1-5-7-9-11-13-15-17-19-21-23-25-27-29-31-33-35-39(42)37-40(38(3)4)41(43)36-34-32-30-28-26-24-22-20-18-16-14-12-10-8-6-2/h38,40H,5-37H2,1-4H3. The molecule has 0 amide bonds. The minimum absolute atomic E-state index is 0.0597. The zero-order valence-corrected chi connectivity index (χ0v) is 30.3.